The summed E-state index contributed by atoms with van der Waals surface area (Å²) in [7, 11) is 0. The molecular formula is C24H36N4O5. The summed E-state index contributed by atoms with van der Waals surface area (Å²) in [5.41, 5.74) is 1.84. The molecule has 3 saturated heterocycles. The summed E-state index contributed by atoms with van der Waals surface area (Å²) in [6, 6.07) is 8.42. The highest BCUT2D eigenvalue weighted by molar-refractivity contribution is 5.94. The van der Waals surface area contributed by atoms with Crippen molar-refractivity contribution < 1.29 is 23.8 Å². The topological polar surface area (TPSA) is 83.6 Å². The highest BCUT2D eigenvalue weighted by atomic mass is 16.6. The first-order valence-corrected chi connectivity index (χ1v) is 12.1. The highest BCUT2D eigenvalue weighted by Crippen LogP contribution is 2.21. The number of nitrogens with one attached hydrogen (secondary N) is 1. The minimum Gasteiger partial charge on any atom is -0.450 e. The Kier molecular flexibility index (Phi) is 8.41. The Labute approximate surface area is 195 Å². The molecule has 3 aliphatic rings. The number of rotatable bonds is 6. The van der Waals surface area contributed by atoms with E-state index in [1.807, 2.05) is 29.2 Å². The highest BCUT2D eigenvalue weighted by Gasteiger charge is 2.26. The first-order valence-electron chi connectivity index (χ1n) is 12.1. The van der Waals surface area contributed by atoms with Gasteiger partial charge in [0.15, 0.2) is 0 Å². The van der Waals surface area contributed by atoms with Crippen molar-refractivity contribution in [3.63, 3.8) is 0 Å². The van der Waals surface area contributed by atoms with Crippen LogP contribution in [-0.2, 0) is 14.2 Å². The summed E-state index contributed by atoms with van der Waals surface area (Å²) in [6.45, 7) is 9.11. The van der Waals surface area contributed by atoms with Gasteiger partial charge in [0.2, 0.25) is 0 Å². The predicted octanol–water partition coefficient (Wildman–Crippen LogP) is 1.57. The fraction of sp³-hybridized carbons (Fsp3) is 0.667. The van der Waals surface area contributed by atoms with Crippen molar-refractivity contribution in [2.45, 2.75) is 31.9 Å². The molecule has 3 aliphatic heterocycles. The van der Waals surface area contributed by atoms with Crippen LogP contribution in [0.3, 0.4) is 0 Å². The van der Waals surface area contributed by atoms with E-state index in [-0.39, 0.29) is 18.1 Å². The molecule has 1 aromatic carbocycles. The predicted molar refractivity (Wildman–Crippen MR) is 125 cm³/mol. The van der Waals surface area contributed by atoms with E-state index in [1.165, 1.54) is 0 Å². The van der Waals surface area contributed by atoms with Gasteiger partial charge in [-0.25, -0.2) is 4.79 Å². The van der Waals surface area contributed by atoms with E-state index in [0.29, 0.717) is 64.2 Å². The second-order valence-electron chi connectivity index (χ2n) is 8.76. The molecule has 0 spiro atoms. The largest absolute Gasteiger partial charge is 0.450 e. The van der Waals surface area contributed by atoms with Crippen molar-refractivity contribution in [2.75, 3.05) is 77.1 Å². The molecule has 0 bridgehead atoms. The number of benzene rings is 1. The van der Waals surface area contributed by atoms with Crippen molar-refractivity contribution in [2.24, 2.45) is 0 Å². The van der Waals surface area contributed by atoms with E-state index in [0.717, 1.165) is 38.2 Å². The van der Waals surface area contributed by atoms with Crippen LogP contribution in [0.5, 0.6) is 0 Å². The third kappa shape index (κ3) is 6.37. The Morgan fingerprint density at radius 2 is 1.70 bits per heavy atom. The molecule has 3 heterocycles. The second kappa shape index (κ2) is 11.7. The molecule has 3 fully saturated rings. The van der Waals surface area contributed by atoms with Gasteiger partial charge < -0.3 is 34.2 Å². The summed E-state index contributed by atoms with van der Waals surface area (Å²) in [5, 5.41) is 3.63. The lowest BCUT2D eigenvalue weighted by atomic mass is 10.0. The first kappa shape index (κ1) is 23.8. The lowest BCUT2D eigenvalue weighted by Gasteiger charge is -2.35. The van der Waals surface area contributed by atoms with Crippen LogP contribution in [0.15, 0.2) is 24.3 Å². The zero-order valence-corrected chi connectivity index (χ0v) is 19.5. The van der Waals surface area contributed by atoms with Crippen molar-refractivity contribution in [3.05, 3.63) is 29.8 Å². The number of amides is 2. The van der Waals surface area contributed by atoms with Crippen molar-refractivity contribution in [3.8, 4) is 0 Å². The number of ether oxygens (including phenoxy) is 3. The van der Waals surface area contributed by atoms with E-state index in [2.05, 4.69) is 10.2 Å². The molecule has 1 N–H and O–H groups in total. The summed E-state index contributed by atoms with van der Waals surface area (Å²) in [6.07, 6.45) is 2.03. The van der Waals surface area contributed by atoms with E-state index in [9.17, 15) is 9.59 Å². The molecular weight excluding hydrogens is 424 g/mol. The number of piperazine rings is 1. The maximum atomic E-state index is 12.9. The standard InChI is InChI=1S/C24H36N4O5/c1-2-32-24(30)28-13-11-27(12-14-28)23(29)19-3-5-21(6-4-19)26-9-7-20(8-10-26)25-17-22-18-31-15-16-33-22/h3-6,20,22,25H,2,7-18H2,1H3. The summed E-state index contributed by atoms with van der Waals surface area (Å²) < 4.78 is 16.2. The maximum Gasteiger partial charge on any atom is 0.409 e. The average molecular weight is 461 g/mol. The summed E-state index contributed by atoms with van der Waals surface area (Å²) in [4.78, 5) is 30.6. The third-order valence-corrected chi connectivity index (χ3v) is 6.59. The van der Waals surface area contributed by atoms with Gasteiger partial charge in [0, 0.05) is 63.1 Å². The summed E-state index contributed by atoms with van der Waals surface area (Å²) >= 11 is 0. The molecule has 0 saturated carbocycles. The Morgan fingerprint density at radius 3 is 2.33 bits per heavy atom. The van der Waals surface area contributed by atoms with Crippen LogP contribution < -0.4 is 10.2 Å². The van der Waals surface area contributed by atoms with Gasteiger partial charge in [0.05, 0.1) is 32.5 Å². The number of hydrogen-bond donors (Lipinski definition) is 1. The first-order chi connectivity index (χ1) is 16.1. The quantitative estimate of drug-likeness (QED) is 0.690. The Hall–Kier alpha value is -2.36. The van der Waals surface area contributed by atoms with Gasteiger partial charge in [0.1, 0.15) is 0 Å². The number of nitrogens with zero attached hydrogens (tertiary/aromatic N) is 3. The molecule has 1 aromatic rings. The molecule has 0 aromatic heterocycles. The number of piperidine rings is 1. The van der Waals surface area contributed by atoms with Crippen LogP contribution in [0.2, 0.25) is 0 Å². The Bertz CT molecular complexity index is 768. The smallest absolute Gasteiger partial charge is 0.409 e. The van der Waals surface area contributed by atoms with Crippen LogP contribution in [-0.4, -0.2) is 106 Å². The molecule has 9 heteroatoms. The fourth-order valence-corrected chi connectivity index (χ4v) is 4.60. The SMILES string of the molecule is CCOC(=O)N1CCN(C(=O)c2ccc(N3CCC(NCC4COCCO4)CC3)cc2)CC1. The Balaban J connectivity index is 1.21. The summed E-state index contributed by atoms with van der Waals surface area (Å²) in [5.74, 6) is 0.0156. The van der Waals surface area contributed by atoms with Gasteiger partial charge in [-0.3, -0.25) is 4.79 Å². The molecule has 9 nitrogen and oxygen atoms in total. The number of hydrogen-bond acceptors (Lipinski definition) is 7. The molecule has 182 valence electrons. The fourth-order valence-electron chi connectivity index (χ4n) is 4.60. The van der Waals surface area contributed by atoms with Crippen molar-refractivity contribution in [1.82, 2.24) is 15.1 Å². The molecule has 4 rings (SSSR count). The zero-order valence-electron chi connectivity index (χ0n) is 19.5. The van der Waals surface area contributed by atoms with E-state index in [1.54, 1.807) is 11.8 Å². The van der Waals surface area contributed by atoms with Gasteiger partial charge in [0.25, 0.3) is 5.91 Å². The lowest BCUT2D eigenvalue weighted by Crippen LogP contribution is -2.50. The zero-order chi connectivity index (χ0) is 23.0. The average Bonchev–Trinajstić information content (AvgIpc) is 2.88. The van der Waals surface area contributed by atoms with Gasteiger partial charge in [-0.1, -0.05) is 0 Å². The van der Waals surface area contributed by atoms with Gasteiger partial charge in [-0.05, 0) is 44.0 Å². The third-order valence-electron chi connectivity index (χ3n) is 6.59. The van der Waals surface area contributed by atoms with E-state index >= 15 is 0 Å². The van der Waals surface area contributed by atoms with Crippen LogP contribution in [0.4, 0.5) is 10.5 Å². The monoisotopic (exact) mass is 460 g/mol. The van der Waals surface area contributed by atoms with Gasteiger partial charge in [-0.2, -0.15) is 0 Å². The molecule has 2 amide bonds. The Morgan fingerprint density at radius 1 is 1.00 bits per heavy atom. The van der Waals surface area contributed by atoms with E-state index < -0.39 is 0 Å². The molecule has 0 radical (unpaired) electrons. The number of carbonyl (C=O) groups is 2. The van der Waals surface area contributed by atoms with Crippen LogP contribution in [0, 0.1) is 0 Å². The number of anilines is 1. The molecule has 1 atom stereocenters. The lowest BCUT2D eigenvalue weighted by molar-refractivity contribution is -0.0872. The van der Waals surface area contributed by atoms with E-state index in [4.69, 9.17) is 14.2 Å². The molecule has 1 unspecified atom stereocenters. The normalized spacial score (nSPS) is 22.3. The van der Waals surface area contributed by atoms with Crippen LogP contribution in [0.1, 0.15) is 30.1 Å². The van der Waals surface area contributed by atoms with Crippen molar-refractivity contribution >= 4 is 17.7 Å². The number of carbonyl (C=O) groups excluding carboxylic acids is 2. The van der Waals surface area contributed by atoms with Crippen LogP contribution in [0.25, 0.3) is 0 Å². The molecule has 0 aliphatic carbocycles. The van der Waals surface area contributed by atoms with Crippen molar-refractivity contribution in [1.29, 1.82) is 0 Å². The minimum atomic E-state index is -0.302. The van der Waals surface area contributed by atoms with Gasteiger partial charge in [-0.15, -0.1) is 0 Å². The second-order valence-corrected chi connectivity index (χ2v) is 8.76. The van der Waals surface area contributed by atoms with Crippen LogP contribution >= 0.6 is 0 Å². The minimum absolute atomic E-state index is 0.0156. The van der Waals surface area contributed by atoms with Gasteiger partial charge >= 0.3 is 6.09 Å². The maximum absolute atomic E-state index is 12.9. The molecule has 33 heavy (non-hydrogen) atoms.